The average molecular weight is 535 g/mol. The molecule has 3 aromatic carbocycles. The van der Waals surface area contributed by atoms with Gasteiger partial charge in [0.2, 0.25) is 5.91 Å². The Balaban J connectivity index is 1.13. The molecule has 3 heterocycles. The molecule has 8 heteroatoms. The molecule has 1 aliphatic rings. The third-order valence-corrected chi connectivity index (χ3v) is 7.15. The zero-order valence-corrected chi connectivity index (χ0v) is 22.1. The number of hydrogen-bond acceptors (Lipinski definition) is 6. The summed E-state index contributed by atoms with van der Waals surface area (Å²) in [6, 6.07) is 25.4. The number of piperazine rings is 1. The Morgan fingerprint density at radius 2 is 1.56 bits per heavy atom. The summed E-state index contributed by atoms with van der Waals surface area (Å²) in [7, 11) is 0. The first-order valence-corrected chi connectivity index (χ1v) is 13.3. The topological polar surface area (TPSA) is 74.2 Å². The molecule has 2 aromatic heterocycles. The highest BCUT2D eigenvalue weighted by molar-refractivity contribution is 6.30. The van der Waals surface area contributed by atoms with Crippen LogP contribution in [0.25, 0.3) is 22.2 Å². The molecule has 5 aromatic rings. The third-order valence-electron chi connectivity index (χ3n) is 6.92. The smallest absolute Gasteiger partial charge is 0.228 e. The van der Waals surface area contributed by atoms with Crippen LogP contribution < -0.4 is 15.1 Å². The second kappa shape index (κ2) is 11.1. The van der Waals surface area contributed by atoms with Gasteiger partial charge >= 0.3 is 0 Å². The molecule has 1 amide bonds. The average Bonchev–Trinajstić information content (AvgIpc) is 2.97. The summed E-state index contributed by atoms with van der Waals surface area (Å²) < 4.78 is 0. The number of hydrogen-bond donors (Lipinski definition) is 1. The summed E-state index contributed by atoms with van der Waals surface area (Å²) in [5.41, 5.74) is 6.65. The summed E-state index contributed by atoms with van der Waals surface area (Å²) in [5, 5.41) is 3.58. The van der Waals surface area contributed by atoms with Crippen molar-refractivity contribution in [2.75, 3.05) is 41.3 Å². The molecule has 0 atom stereocenters. The number of carbonyl (C=O) groups is 1. The van der Waals surface area contributed by atoms with Gasteiger partial charge in [-0.25, -0.2) is 4.98 Å². The van der Waals surface area contributed by atoms with Crippen molar-refractivity contribution < 1.29 is 4.79 Å². The fourth-order valence-electron chi connectivity index (χ4n) is 4.87. The van der Waals surface area contributed by atoms with E-state index in [1.165, 1.54) is 5.69 Å². The van der Waals surface area contributed by atoms with Crippen LogP contribution >= 0.6 is 11.6 Å². The van der Waals surface area contributed by atoms with Crippen LogP contribution in [0.5, 0.6) is 0 Å². The van der Waals surface area contributed by atoms with E-state index in [1.54, 1.807) is 12.1 Å². The number of amides is 1. The van der Waals surface area contributed by atoms with Crippen molar-refractivity contribution in [3.8, 4) is 11.1 Å². The van der Waals surface area contributed by atoms with Crippen LogP contribution in [0, 0.1) is 0 Å². The lowest BCUT2D eigenvalue weighted by Gasteiger charge is -2.36. The van der Waals surface area contributed by atoms with Crippen molar-refractivity contribution in [1.29, 1.82) is 0 Å². The largest absolute Gasteiger partial charge is 0.368 e. The summed E-state index contributed by atoms with van der Waals surface area (Å²) in [6.07, 6.45) is 5.80. The predicted octanol–water partition coefficient (Wildman–Crippen LogP) is 5.85. The maximum atomic E-state index is 12.5. The number of nitrogens with one attached hydrogen (secondary N) is 1. The first kappa shape index (κ1) is 24.8. The summed E-state index contributed by atoms with van der Waals surface area (Å²) in [4.78, 5) is 30.9. The molecule has 0 unspecified atom stereocenters. The Morgan fingerprint density at radius 1 is 0.821 bits per heavy atom. The molecular formula is C31H27ClN6O. The fraction of sp³-hybridized carbons (Fsp3) is 0.161. The van der Waals surface area contributed by atoms with Crippen molar-refractivity contribution >= 4 is 45.7 Å². The van der Waals surface area contributed by atoms with E-state index in [0.29, 0.717) is 5.02 Å². The normalized spacial score (nSPS) is 13.5. The molecule has 0 bridgehead atoms. The van der Waals surface area contributed by atoms with Gasteiger partial charge < -0.3 is 15.1 Å². The van der Waals surface area contributed by atoms with E-state index in [1.807, 2.05) is 61.1 Å². The fourth-order valence-corrected chi connectivity index (χ4v) is 5.08. The van der Waals surface area contributed by atoms with Gasteiger partial charge in [-0.15, -0.1) is 0 Å². The van der Waals surface area contributed by atoms with E-state index in [4.69, 9.17) is 16.6 Å². The minimum absolute atomic E-state index is 0.0832. The van der Waals surface area contributed by atoms with E-state index in [2.05, 4.69) is 49.4 Å². The molecular weight excluding hydrogens is 508 g/mol. The van der Waals surface area contributed by atoms with Crippen LogP contribution in [-0.4, -0.2) is 47.0 Å². The molecule has 39 heavy (non-hydrogen) atoms. The van der Waals surface area contributed by atoms with Gasteiger partial charge in [0.25, 0.3) is 0 Å². The van der Waals surface area contributed by atoms with Gasteiger partial charge in [-0.1, -0.05) is 41.9 Å². The lowest BCUT2D eigenvalue weighted by Crippen LogP contribution is -2.46. The zero-order valence-electron chi connectivity index (χ0n) is 21.3. The molecule has 0 saturated carbocycles. The van der Waals surface area contributed by atoms with Crippen LogP contribution in [-0.2, 0) is 11.2 Å². The minimum atomic E-state index is -0.0832. The number of anilines is 3. The highest BCUT2D eigenvalue weighted by Gasteiger charge is 2.19. The van der Waals surface area contributed by atoms with Crippen LogP contribution in [0.3, 0.4) is 0 Å². The van der Waals surface area contributed by atoms with Gasteiger partial charge in [0.1, 0.15) is 5.82 Å². The Morgan fingerprint density at radius 3 is 2.33 bits per heavy atom. The van der Waals surface area contributed by atoms with Gasteiger partial charge in [-0.2, -0.15) is 0 Å². The Hall–Kier alpha value is -4.49. The number of fused-ring (bicyclic) bond motifs is 1. The van der Waals surface area contributed by atoms with Crippen LogP contribution in [0.1, 0.15) is 5.56 Å². The van der Waals surface area contributed by atoms with Crippen LogP contribution in [0.15, 0.2) is 97.5 Å². The second-order valence-corrected chi connectivity index (χ2v) is 9.98. The van der Waals surface area contributed by atoms with Gasteiger partial charge in [0.15, 0.2) is 0 Å². The van der Waals surface area contributed by atoms with Gasteiger partial charge in [0, 0.05) is 55.0 Å². The quantitative estimate of drug-likeness (QED) is 0.294. The molecule has 7 nitrogen and oxygen atoms in total. The Kier molecular flexibility index (Phi) is 7.06. The molecule has 1 N–H and O–H groups in total. The summed E-state index contributed by atoms with van der Waals surface area (Å²) in [5.74, 6) is 0.812. The molecule has 6 rings (SSSR count). The van der Waals surface area contributed by atoms with Gasteiger partial charge in [0.05, 0.1) is 23.7 Å². The van der Waals surface area contributed by atoms with E-state index < -0.39 is 0 Å². The second-order valence-electron chi connectivity index (χ2n) is 9.54. The molecule has 0 radical (unpaired) electrons. The Labute approximate surface area is 232 Å². The van der Waals surface area contributed by atoms with Crippen molar-refractivity contribution in [2.24, 2.45) is 0 Å². The lowest BCUT2D eigenvalue weighted by atomic mass is 10.0. The van der Waals surface area contributed by atoms with E-state index in [0.717, 1.165) is 65.4 Å². The summed E-state index contributed by atoms with van der Waals surface area (Å²) in [6.45, 7) is 3.61. The van der Waals surface area contributed by atoms with Gasteiger partial charge in [-0.3, -0.25) is 14.8 Å². The summed E-state index contributed by atoms with van der Waals surface area (Å²) >= 11 is 6.03. The number of nitrogens with zero attached hydrogens (tertiary/aromatic N) is 5. The first-order valence-electron chi connectivity index (χ1n) is 12.9. The maximum Gasteiger partial charge on any atom is 0.228 e. The van der Waals surface area contributed by atoms with E-state index in [9.17, 15) is 4.79 Å². The third kappa shape index (κ3) is 5.84. The number of pyridine rings is 1. The molecule has 1 fully saturated rings. The SMILES string of the molecule is O=C(Cc1cccc(Cl)c1)Nc1ccc(-c2ccc3ncc(N4CCN(c5ccncc5)CC4)nc3c2)cc1. The first-order chi connectivity index (χ1) is 19.1. The number of benzene rings is 3. The number of rotatable bonds is 6. The highest BCUT2D eigenvalue weighted by Crippen LogP contribution is 2.26. The van der Waals surface area contributed by atoms with Crippen LogP contribution in [0.2, 0.25) is 5.02 Å². The molecule has 0 spiro atoms. The van der Waals surface area contributed by atoms with E-state index >= 15 is 0 Å². The molecule has 0 aliphatic carbocycles. The van der Waals surface area contributed by atoms with Gasteiger partial charge in [-0.05, 0) is 65.2 Å². The van der Waals surface area contributed by atoms with E-state index in [-0.39, 0.29) is 12.3 Å². The molecule has 194 valence electrons. The molecule has 1 aliphatic heterocycles. The highest BCUT2D eigenvalue weighted by atomic mass is 35.5. The van der Waals surface area contributed by atoms with Crippen molar-refractivity contribution in [3.63, 3.8) is 0 Å². The zero-order chi connectivity index (χ0) is 26.6. The van der Waals surface area contributed by atoms with Crippen molar-refractivity contribution in [2.45, 2.75) is 6.42 Å². The predicted molar refractivity (Wildman–Crippen MR) is 157 cm³/mol. The molecule has 1 saturated heterocycles. The Bertz CT molecular complexity index is 1600. The van der Waals surface area contributed by atoms with Crippen LogP contribution in [0.4, 0.5) is 17.2 Å². The lowest BCUT2D eigenvalue weighted by molar-refractivity contribution is -0.115. The standard InChI is InChI=1S/C31H27ClN6O/c32-25-3-1-2-22(18-25)19-31(39)35-26-7-4-23(5-8-26)24-6-9-28-29(20-24)36-30(21-34-28)38-16-14-37(15-17-38)27-10-12-33-13-11-27/h1-13,18,20-21H,14-17,19H2,(H,35,39). The monoisotopic (exact) mass is 534 g/mol. The minimum Gasteiger partial charge on any atom is -0.368 e. The number of aromatic nitrogens is 3. The number of halogens is 1. The maximum absolute atomic E-state index is 12.5. The van der Waals surface area contributed by atoms with Crippen molar-refractivity contribution in [3.05, 3.63) is 108 Å². The number of carbonyl (C=O) groups excluding carboxylic acids is 1. The van der Waals surface area contributed by atoms with Crippen molar-refractivity contribution in [1.82, 2.24) is 15.0 Å².